The molecule has 0 bridgehead atoms. The van der Waals surface area contributed by atoms with Crippen molar-refractivity contribution < 1.29 is 0 Å². The maximum atomic E-state index is 4.85. The lowest BCUT2D eigenvalue weighted by Gasteiger charge is -2.09. The van der Waals surface area contributed by atoms with Crippen molar-refractivity contribution in [2.45, 2.75) is 17.5 Å². The average Bonchev–Trinajstić information content (AvgIpc) is 2.99. The minimum atomic E-state index is 0.846. The number of benzene rings is 3. The van der Waals surface area contributed by atoms with Crippen molar-refractivity contribution in [2.75, 3.05) is 0 Å². The highest BCUT2D eigenvalue weighted by molar-refractivity contribution is 7.98. The van der Waals surface area contributed by atoms with Gasteiger partial charge in [0.15, 0.2) is 5.16 Å². The van der Waals surface area contributed by atoms with Crippen LogP contribution in [0.4, 0.5) is 0 Å². The lowest BCUT2D eigenvalue weighted by molar-refractivity contribution is 0.731. The first-order valence-electron chi connectivity index (χ1n) is 8.06. The summed E-state index contributed by atoms with van der Waals surface area (Å²) in [7, 11) is 0. The molecule has 24 heavy (non-hydrogen) atoms. The van der Waals surface area contributed by atoms with Crippen LogP contribution in [0.1, 0.15) is 11.1 Å². The summed E-state index contributed by atoms with van der Waals surface area (Å²) in [5.41, 5.74) is 4.86. The van der Waals surface area contributed by atoms with E-state index < -0.39 is 0 Å². The molecule has 4 aromatic rings. The quantitative estimate of drug-likeness (QED) is 0.457. The zero-order chi connectivity index (χ0) is 16.2. The second-order valence-electron chi connectivity index (χ2n) is 5.73. The first-order valence-corrected chi connectivity index (χ1v) is 9.04. The Hall–Kier alpha value is -2.52. The van der Waals surface area contributed by atoms with Gasteiger partial charge >= 0.3 is 0 Å². The van der Waals surface area contributed by atoms with Gasteiger partial charge in [-0.25, -0.2) is 4.98 Å². The molecule has 0 amide bonds. The Kier molecular flexibility index (Phi) is 4.34. The molecule has 1 aromatic heterocycles. The number of hydrogen-bond donors (Lipinski definition) is 0. The van der Waals surface area contributed by atoms with E-state index in [-0.39, 0.29) is 0 Å². The van der Waals surface area contributed by atoms with Crippen molar-refractivity contribution in [3.63, 3.8) is 0 Å². The summed E-state index contributed by atoms with van der Waals surface area (Å²) in [4.78, 5) is 4.85. The summed E-state index contributed by atoms with van der Waals surface area (Å²) in [6.07, 6.45) is 0. The molecule has 2 nitrogen and oxygen atoms in total. The highest BCUT2D eigenvalue weighted by atomic mass is 32.2. The van der Waals surface area contributed by atoms with Crippen molar-refractivity contribution in [3.8, 4) is 0 Å². The van der Waals surface area contributed by atoms with Crippen molar-refractivity contribution >= 4 is 22.8 Å². The molecule has 0 saturated heterocycles. The fraction of sp³-hybridized carbons (Fsp3) is 0.0952. The number of aromatic nitrogens is 2. The molecule has 3 aromatic carbocycles. The van der Waals surface area contributed by atoms with Crippen molar-refractivity contribution in [3.05, 3.63) is 96.1 Å². The van der Waals surface area contributed by atoms with Crippen LogP contribution in [0.15, 0.2) is 90.1 Å². The predicted octanol–water partition coefficient (Wildman–Crippen LogP) is 5.38. The molecule has 0 saturated carbocycles. The lowest BCUT2D eigenvalue weighted by Crippen LogP contribution is -2.01. The maximum absolute atomic E-state index is 4.85. The smallest absolute Gasteiger partial charge is 0.169 e. The molecule has 0 fully saturated rings. The fourth-order valence-electron chi connectivity index (χ4n) is 2.80. The van der Waals surface area contributed by atoms with Gasteiger partial charge in [0.1, 0.15) is 0 Å². The van der Waals surface area contributed by atoms with Gasteiger partial charge < -0.3 is 4.57 Å². The van der Waals surface area contributed by atoms with E-state index in [4.69, 9.17) is 4.98 Å². The number of hydrogen-bond acceptors (Lipinski definition) is 2. The predicted molar refractivity (Wildman–Crippen MR) is 101 cm³/mol. The van der Waals surface area contributed by atoms with E-state index in [2.05, 4.69) is 83.4 Å². The SMILES string of the molecule is c1ccc(CSc2nc3ccccc3n2Cc2ccccc2)cc1. The molecule has 3 heteroatoms. The molecule has 4 rings (SSSR count). The van der Waals surface area contributed by atoms with Gasteiger partial charge in [-0.15, -0.1) is 0 Å². The molecular formula is C21H18N2S. The molecule has 0 aliphatic rings. The normalized spacial score (nSPS) is 11.0. The summed E-state index contributed by atoms with van der Waals surface area (Å²) in [6.45, 7) is 0.846. The van der Waals surface area contributed by atoms with E-state index in [1.807, 2.05) is 6.07 Å². The van der Waals surface area contributed by atoms with Gasteiger partial charge in [0, 0.05) is 5.75 Å². The third kappa shape index (κ3) is 3.22. The van der Waals surface area contributed by atoms with E-state index in [9.17, 15) is 0 Å². The van der Waals surface area contributed by atoms with Gasteiger partial charge in [0.05, 0.1) is 17.6 Å². The summed E-state index contributed by atoms with van der Waals surface area (Å²) in [6, 6.07) is 29.5. The molecule has 0 spiro atoms. The Morgan fingerprint density at radius 2 is 1.33 bits per heavy atom. The van der Waals surface area contributed by atoms with Gasteiger partial charge in [0.25, 0.3) is 0 Å². The average molecular weight is 330 g/mol. The van der Waals surface area contributed by atoms with Crippen LogP contribution in [-0.4, -0.2) is 9.55 Å². The van der Waals surface area contributed by atoms with Crippen LogP contribution in [-0.2, 0) is 12.3 Å². The zero-order valence-electron chi connectivity index (χ0n) is 13.3. The minimum Gasteiger partial charge on any atom is -0.314 e. The van der Waals surface area contributed by atoms with E-state index in [1.54, 1.807) is 11.8 Å². The third-order valence-corrected chi connectivity index (χ3v) is 5.06. The van der Waals surface area contributed by atoms with Crippen LogP contribution in [0, 0.1) is 0 Å². The Labute approximate surface area is 146 Å². The monoisotopic (exact) mass is 330 g/mol. The van der Waals surface area contributed by atoms with Gasteiger partial charge in [0.2, 0.25) is 0 Å². The maximum Gasteiger partial charge on any atom is 0.169 e. The molecule has 0 N–H and O–H groups in total. The summed E-state index contributed by atoms with van der Waals surface area (Å²) in [5.74, 6) is 0.930. The van der Waals surface area contributed by atoms with E-state index in [0.29, 0.717) is 0 Å². The molecule has 0 aliphatic carbocycles. The third-order valence-electron chi connectivity index (χ3n) is 4.01. The minimum absolute atomic E-state index is 0.846. The lowest BCUT2D eigenvalue weighted by atomic mass is 10.2. The second-order valence-corrected chi connectivity index (χ2v) is 6.67. The molecule has 0 unspecified atom stereocenters. The second kappa shape index (κ2) is 6.93. The summed E-state index contributed by atoms with van der Waals surface area (Å²) in [5, 5.41) is 1.07. The molecule has 0 atom stereocenters. The van der Waals surface area contributed by atoms with Gasteiger partial charge in [-0.1, -0.05) is 84.6 Å². The van der Waals surface area contributed by atoms with Crippen LogP contribution in [0.25, 0.3) is 11.0 Å². The highest BCUT2D eigenvalue weighted by Gasteiger charge is 2.11. The standard InChI is InChI=1S/C21H18N2S/c1-3-9-17(10-4-1)15-23-20-14-8-7-13-19(20)22-21(23)24-16-18-11-5-2-6-12-18/h1-14H,15-16H2. The number of rotatable bonds is 5. The van der Waals surface area contributed by atoms with E-state index in [0.717, 1.165) is 23.0 Å². The van der Waals surface area contributed by atoms with Crippen LogP contribution in [0.5, 0.6) is 0 Å². The van der Waals surface area contributed by atoms with Crippen molar-refractivity contribution in [1.82, 2.24) is 9.55 Å². The Morgan fingerprint density at radius 1 is 0.708 bits per heavy atom. The van der Waals surface area contributed by atoms with Crippen LogP contribution in [0.2, 0.25) is 0 Å². The highest BCUT2D eigenvalue weighted by Crippen LogP contribution is 2.27. The molecule has 118 valence electrons. The fourth-order valence-corrected chi connectivity index (χ4v) is 3.77. The zero-order valence-corrected chi connectivity index (χ0v) is 14.1. The number of nitrogens with zero attached hydrogens (tertiary/aromatic N) is 2. The van der Waals surface area contributed by atoms with Gasteiger partial charge in [-0.3, -0.25) is 0 Å². The van der Waals surface area contributed by atoms with Crippen molar-refractivity contribution in [1.29, 1.82) is 0 Å². The van der Waals surface area contributed by atoms with Crippen LogP contribution >= 0.6 is 11.8 Å². The van der Waals surface area contributed by atoms with Gasteiger partial charge in [-0.05, 0) is 23.3 Å². The van der Waals surface area contributed by atoms with E-state index >= 15 is 0 Å². The molecule has 1 heterocycles. The Morgan fingerprint density at radius 3 is 2.08 bits per heavy atom. The van der Waals surface area contributed by atoms with E-state index in [1.165, 1.54) is 16.6 Å². The topological polar surface area (TPSA) is 17.8 Å². The van der Waals surface area contributed by atoms with Crippen LogP contribution in [0.3, 0.4) is 0 Å². The number of fused-ring (bicyclic) bond motifs is 1. The number of imidazole rings is 1. The summed E-state index contributed by atoms with van der Waals surface area (Å²) >= 11 is 1.80. The number of thioether (sulfide) groups is 1. The first kappa shape index (κ1) is 15.0. The summed E-state index contributed by atoms with van der Waals surface area (Å²) < 4.78 is 2.32. The largest absolute Gasteiger partial charge is 0.314 e. The first-order chi connectivity index (χ1) is 11.9. The molecule has 0 radical (unpaired) electrons. The molecule has 0 aliphatic heterocycles. The number of para-hydroxylation sites is 2. The Bertz CT molecular complexity index is 930. The van der Waals surface area contributed by atoms with Crippen molar-refractivity contribution in [2.24, 2.45) is 0 Å². The molecular weight excluding hydrogens is 312 g/mol. The Balaban J connectivity index is 1.67. The van der Waals surface area contributed by atoms with Gasteiger partial charge in [-0.2, -0.15) is 0 Å². The van der Waals surface area contributed by atoms with Crippen LogP contribution < -0.4 is 0 Å².